The fourth-order valence-electron chi connectivity index (χ4n) is 2.55. The van der Waals surface area contributed by atoms with Crippen molar-refractivity contribution in [1.82, 2.24) is 4.98 Å². The zero-order valence-corrected chi connectivity index (χ0v) is 14.2. The second-order valence-corrected chi connectivity index (χ2v) is 6.10. The molecule has 0 bridgehead atoms. The number of carbonyl (C=O) groups excluding carboxylic acids is 1. The van der Waals surface area contributed by atoms with Crippen LogP contribution < -0.4 is 11.1 Å². The van der Waals surface area contributed by atoms with E-state index in [2.05, 4.69) is 15.3 Å². The first-order chi connectivity index (χ1) is 11.9. The summed E-state index contributed by atoms with van der Waals surface area (Å²) in [5, 5.41) is 3.15. The second-order valence-electron chi connectivity index (χ2n) is 5.66. The number of nitrogens with one attached hydrogen (secondary N) is 1. The molecule has 1 aromatic heterocycles. The minimum atomic E-state index is -0.541. The number of rotatable bonds is 3. The Morgan fingerprint density at radius 2 is 2.24 bits per heavy atom. The van der Waals surface area contributed by atoms with Crippen LogP contribution in [0.1, 0.15) is 27.7 Å². The lowest BCUT2D eigenvalue weighted by Crippen LogP contribution is -2.27. The van der Waals surface area contributed by atoms with E-state index in [1.165, 1.54) is 24.4 Å². The van der Waals surface area contributed by atoms with Crippen molar-refractivity contribution >= 4 is 29.0 Å². The number of aromatic nitrogens is 1. The van der Waals surface area contributed by atoms with E-state index < -0.39 is 17.8 Å². The Bertz CT molecular complexity index is 857. The topological polar surface area (TPSA) is 89.6 Å². The van der Waals surface area contributed by atoms with Gasteiger partial charge in [-0.15, -0.1) is 0 Å². The van der Waals surface area contributed by atoms with Gasteiger partial charge in [-0.3, -0.25) is 9.79 Å². The van der Waals surface area contributed by atoms with Gasteiger partial charge in [-0.1, -0.05) is 11.6 Å². The van der Waals surface area contributed by atoms with Crippen LogP contribution in [-0.4, -0.2) is 29.9 Å². The lowest BCUT2D eigenvalue weighted by molar-refractivity contribution is 0.102. The predicted molar refractivity (Wildman–Crippen MR) is 93.5 cm³/mol. The van der Waals surface area contributed by atoms with Gasteiger partial charge < -0.3 is 15.8 Å². The Balaban J connectivity index is 1.85. The number of benzene rings is 1. The quantitative estimate of drug-likeness (QED) is 0.878. The molecule has 0 spiro atoms. The minimum Gasteiger partial charge on any atom is -0.386 e. The summed E-state index contributed by atoms with van der Waals surface area (Å²) in [6.45, 7) is 2.20. The molecule has 0 saturated carbocycles. The molecule has 8 heteroatoms. The van der Waals surface area contributed by atoms with Gasteiger partial charge in [0.05, 0.1) is 11.6 Å². The lowest BCUT2D eigenvalue weighted by atomic mass is 10.1. The van der Waals surface area contributed by atoms with Crippen molar-refractivity contribution in [3.63, 3.8) is 0 Å². The van der Waals surface area contributed by atoms with Crippen molar-refractivity contribution in [3.8, 4) is 0 Å². The Labute approximate surface area is 148 Å². The number of carbonyl (C=O) groups is 1. The summed E-state index contributed by atoms with van der Waals surface area (Å²) in [6, 6.07) is 5.37. The minimum absolute atomic E-state index is 0.229. The zero-order chi connectivity index (χ0) is 18.0. The summed E-state index contributed by atoms with van der Waals surface area (Å²) in [7, 11) is 0. The summed E-state index contributed by atoms with van der Waals surface area (Å²) in [5.41, 5.74) is 7.28. The molecule has 2 heterocycles. The van der Waals surface area contributed by atoms with Gasteiger partial charge in [0.15, 0.2) is 0 Å². The lowest BCUT2D eigenvalue weighted by Gasteiger charge is -2.20. The van der Waals surface area contributed by atoms with E-state index in [4.69, 9.17) is 22.1 Å². The summed E-state index contributed by atoms with van der Waals surface area (Å²) >= 11 is 5.85. The van der Waals surface area contributed by atoms with Crippen molar-refractivity contribution in [1.29, 1.82) is 0 Å². The molecule has 1 amide bonds. The molecule has 3 N–H and O–H groups in total. The molecule has 1 aromatic carbocycles. The third kappa shape index (κ3) is 3.94. The van der Waals surface area contributed by atoms with Gasteiger partial charge in [-0.2, -0.15) is 0 Å². The molecule has 130 valence electrons. The smallest absolute Gasteiger partial charge is 0.274 e. The number of nitrogens with two attached hydrogens (primary N) is 1. The third-order valence-electron chi connectivity index (χ3n) is 3.72. The van der Waals surface area contributed by atoms with Gasteiger partial charge in [0, 0.05) is 17.4 Å². The molecule has 3 rings (SSSR count). The van der Waals surface area contributed by atoms with Gasteiger partial charge in [0.25, 0.3) is 5.91 Å². The number of amidine groups is 1. The molecule has 0 saturated heterocycles. The van der Waals surface area contributed by atoms with E-state index in [1.807, 2.05) is 0 Å². The number of nitrogens with zero attached hydrogens (tertiary/aromatic N) is 2. The normalized spacial score (nSPS) is 17.1. The van der Waals surface area contributed by atoms with Crippen molar-refractivity contribution in [2.45, 2.75) is 13.0 Å². The van der Waals surface area contributed by atoms with E-state index in [9.17, 15) is 9.18 Å². The monoisotopic (exact) mass is 362 g/mol. The fourth-order valence-corrected chi connectivity index (χ4v) is 2.77. The average Bonchev–Trinajstić information content (AvgIpc) is 2.56. The van der Waals surface area contributed by atoms with Crippen LogP contribution in [0.5, 0.6) is 0 Å². The van der Waals surface area contributed by atoms with E-state index in [1.54, 1.807) is 13.0 Å². The molecule has 6 nitrogen and oxygen atoms in total. The molecule has 0 unspecified atom stereocenters. The van der Waals surface area contributed by atoms with Crippen molar-refractivity contribution < 1.29 is 13.9 Å². The number of halogens is 2. The molecular weight excluding hydrogens is 347 g/mol. The maximum Gasteiger partial charge on any atom is 0.274 e. The van der Waals surface area contributed by atoms with Crippen LogP contribution in [0.3, 0.4) is 0 Å². The number of aryl methyl sites for hydroxylation is 1. The van der Waals surface area contributed by atoms with Gasteiger partial charge in [-0.05, 0) is 36.8 Å². The summed E-state index contributed by atoms with van der Waals surface area (Å²) in [5.74, 6) is -0.536. The molecule has 0 radical (unpaired) electrons. The average molecular weight is 363 g/mol. The summed E-state index contributed by atoms with van der Waals surface area (Å²) < 4.78 is 19.4. The molecule has 1 atom stereocenters. The van der Waals surface area contributed by atoms with Crippen LogP contribution in [0, 0.1) is 12.7 Å². The Morgan fingerprint density at radius 3 is 2.96 bits per heavy atom. The van der Waals surface area contributed by atoms with Crippen LogP contribution in [0.25, 0.3) is 0 Å². The van der Waals surface area contributed by atoms with E-state index in [-0.39, 0.29) is 18.9 Å². The molecule has 2 aromatic rings. The zero-order valence-electron chi connectivity index (χ0n) is 13.4. The first-order valence-corrected chi connectivity index (χ1v) is 7.94. The molecule has 25 heavy (non-hydrogen) atoms. The highest BCUT2D eigenvalue weighted by Crippen LogP contribution is 2.26. The molecule has 0 aliphatic carbocycles. The summed E-state index contributed by atoms with van der Waals surface area (Å²) in [4.78, 5) is 20.6. The summed E-state index contributed by atoms with van der Waals surface area (Å²) in [6.07, 6.45) is 1.40. The number of amides is 1. The van der Waals surface area contributed by atoms with Gasteiger partial charge in [0.1, 0.15) is 30.0 Å². The Kier molecular flexibility index (Phi) is 4.96. The second kappa shape index (κ2) is 7.16. The highest BCUT2D eigenvalue weighted by molar-refractivity contribution is 6.30. The molecule has 0 fully saturated rings. The molecule has 1 aliphatic heterocycles. The number of anilines is 1. The molecular formula is C17H16ClFN4O2. The van der Waals surface area contributed by atoms with Gasteiger partial charge in [-0.25, -0.2) is 9.37 Å². The van der Waals surface area contributed by atoms with E-state index in [0.717, 1.165) is 0 Å². The number of hydrogen-bond donors (Lipinski definition) is 2. The Hall–Kier alpha value is -2.51. The number of pyridine rings is 1. The number of aliphatic imine (C=N–C) groups is 1. The van der Waals surface area contributed by atoms with Crippen LogP contribution in [0.2, 0.25) is 5.02 Å². The van der Waals surface area contributed by atoms with E-state index in [0.29, 0.717) is 27.7 Å². The van der Waals surface area contributed by atoms with Gasteiger partial charge in [0.2, 0.25) is 0 Å². The highest BCUT2D eigenvalue weighted by Gasteiger charge is 2.20. The highest BCUT2D eigenvalue weighted by atomic mass is 35.5. The van der Waals surface area contributed by atoms with Gasteiger partial charge >= 0.3 is 0 Å². The maximum atomic E-state index is 14.1. The third-order valence-corrected chi connectivity index (χ3v) is 3.93. The van der Waals surface area contributed by atoms with Crippen molar-refractivity contribution in [2.24, 2.45) is 10.7 Å². The first kappa shape index (κ1) is 17.3. The van der Waals surface area contributed by atoms with Crippen LogP contribution >= 0.6 is 11.6 Å². The SMILES string of the molecule is Cc1cc(Cl)cnc1C(=O)Nc1ccc(F)c([C@@H]2COCC(N)=N2)c1. The van der Waals surface area contributed by atoms with Crippen LogP contribution in [0.15, 0.2) is 35.5 Å². The van der Waals surface area contributed by atoms with Crippen molar-refractivity contribution in [3.05, 3.63) is 58.1 Å². The predicted octanol–water partition coefficient (Wildman–Crippen LogP) is 2.86. The fraction of sp³-hybridized carbons (Fsp3) is 0.235. The maximum absolute atomic E-state index is 14.1. The number of ether oxygens (including phenoxy) is 1. The Morgan fingerprint density at radius 1 is 1.44 bits per heavy atom. The largest absolute Gasteiger partial charge is 0.386 e. The number of hydrogen-bond acceptors (Lipinski definition) is 5. The van der Waals surface area contributed by atoms with E-state index >= 15 is 0 Å². The van der Waals surface area contributed by atoms with Crippen molar-refractivity contribution in [2.75, 3.05) is 18.5 Å². The standard InChI is InChI=1S/C17H16ClFN4O2/c1-9-4-10(18)6-21-16(9)17(24)22-11-2-3-13(19)12(5-11)14-7-25-8-15(20)23-14/h2-6,14H,7-8H2,1H3,(H2,20,23)(H,22,24)/t14-/m0/s1. The van der Waals surface area contributed by atoms with Crippen LogP contribution in [-0.2, 0) is 4.74 Å². The first-order valence-electron chi connectivity index (χ1n) is 7.57. The van der Waals surface area contributed by atoms with Crippen LogP contribution in [0.4, 0.5) is 10.1 Å². The molecule has 1 aliphatic rings.